The molecule has 1 heterocycles. The molecule has 0 aliphatic heterocycles. The van der Waals surface area contributed by atoms with Gasteiger partial charge in [-0.1, -0.05) is 18.2 Å². The van der Waals surface area contributed by atoms with Crippen molar-refractivity contribution in [2.45, 2.75) is 26.5 Å². The summed E-state index contributed by atoms with van der Waals surface area (Å²) in [5, 5.41) is 20.3. The summed E-state index contributed by atoms with van der Waals surface area (Å²) in [4.78, 5) is 13.3. The minimum absolute atomic E-state index is 0.000850. The summed E-state index contributed by atoms with van der Waals surface area (Å²) < 4.78 is 0. The molecule has 0 atom stereocenters. The van der Waals surface area contributed by atoms with Crippen LogP contribution in [-0.2, 0) is 6.61 Å². The predicted octanol–water partition coefficient (Wildman–Crippen LogP) is 0.898. The fraction of sp³-hybridized carbons (Fsp3) is 0.308. The summed E-state index contributed by atoms with van der Waals surface area (Å²) in [5.74, 6) is -0.332. The van der Waals surface area contributed by atoms with Crippen LogP contribution in [0.2, 0.25) is 0 Å². The first kappa shape index (κ1) is 13.2. The topological polar surface area (TPSA) is 80.0 Å². The quantitative estimate of drug-likeness (QED) is 0.856. The van der Waals surface area contributed by atoms with Crippen LogP contribution in [0.15, 0.2) is 30.3 Å². The number of nitrogens with one attached hydrogen (secondary N) is 1. The zero-order chi connectivity index (χ0) is 13.8. The van der Waals surface area contributed by atoms with E-state index in [4.69, 9.17) is 0 Å². The van der Waals surface area contributed by atoms with Gasteiger partial charge >= 0.3 is 0 Å². The maximum Gasteiger partial charge on any atom is 0.274 e. The molecule has 2 rings (SSSR count). The number of carbonyl (C=O) groups excluding carboxylic acids is 1. The molecule has 6 nitrogen and oxygen atoms in total. The maximum atomic E-state index is 11.9. The van der Waals surface area contributed by atoms with Crippen molar-refractivity contribution in [1.82, 2.24) is 20.3 Å². The van der Waals surface area contributed by atoms with Gasteiger partial charge in [0, 0.05) is 6.04 Å². The molecule has 6 heteroatoms. The zero-order valence-electron chi connectivity index (χ0n) is 10.9. The van der Waals surface area contributed by atoms with Gasteiger partial charge in [0.25, 0.3) is 5.91 Å². The van der Waals surface area contributed by atoms with E-state index in [0.717, 1.165) is 5.69 Å². The molecule has 0 aliphatic rings. The van der Waals surface area contributed by atoms with Gasteiger partial charge in [0.05, 0.1) is 12.3 Å². The zero-order valence-corrected chi connectivity index (χ0v) is 10.9. The standard InChI is InChI=1S/C13H16N4O2/c1-9(2)14-13(19)12-11(8-18)15-17(16-12)10-6-4-3-5-7-10/h3-7,9,18H,8H2,1-2H3,(H,14,19). The van der Waals surface area contributed by atoms with E-state index in [0.29, 0.717) is 0 Å². The average molecular weight is 260 g/mol. The van der Waals surface area contributed by atoms with Crippen molar-refractivity contribution in [3.8, 4) is 5.69 Å². The summed E-state index contributed by atoms with van der Waals surface area (Å²) in [5.41, 5.74) is 1.16. The Morgan fingerprint density at radius 3 is 2.58 bits per heavy atom. The molecule has 0 saturated carbocycles. The number of para-hydroxylation sites is 1. The van der Waals surface area contributed by atoms with Crippen molar-refractivity contribution in [3.63, 3.8) is 0 Å². The summed E-state index contributed by atoms with van der Waals surface area (Å²) in [7, 11) is 0. The molecule has 100 valence electrons. The molecule has 1 aromatic carbocycles. The van der Waals surface area contributed by atoms with Gasteiger partial charge < -0.3 is 10.4 Å². The molecule has 0 aliphatic carbocycles. The van der Waals surface area contributed by atoms with E-state index in [1.807, 2.05) is 44.2 Å². The molecular weight excluding hydrogens is 244 g/mol. The van der Waals surface area contributed by atoms with E-state index in [1.54, 1.807) is 0 Å². The van der Waals surface area contributed by atoms with Gasteiger partial charge in [-0.25, -0.2) is 0 Å². The van der Waals surface area contributed by atoms with Gasteiger partial charge in [-0.05, 0) is 26.0 Å². The molecule has 0 saturated heterocycles. The smallest absolute Gasteiger partial charge is 0.274 e. The molecular formula is C13H16N4O2. The van der Waals surface area contributed by atoms with Crippen molar-refractivity contribution in [2.24, 2.45) is 0 Å². The van der Waals surface area contributed by atoms with Gasteiger partial charge in [-0.3, -0.25) is 4.79 Å². The van der Waals surface area contributed by atoms with Crippen LogP contribution in [0.5, 0.6) is 0 Å². The highest BCUT2D eigenvalue weighted by molar-refractivity contribution is 5.93. The highest BCUT2D eigenvalue weighted by atomic mass is 16.3. The lowest BCUT2D eigenvalue weighted by atomic mass is 10.3. The summed E-state index contributed by atoms with van der Waals surface area (Å²) >= 11 is 0. The second-order valence-corrected chi connectivity index (χ2v) is 4.41. The molecule has 0 spiro atoms. The fourth-order valence-electron chi connectivity index (χ4n) is 1.63. The summed E-state index contributed by atoms with van der Waals surface area (Å²) in [6.07, 6.45) is 0. The van der Waals surface area contributed by atoms with Gasteiger partial charge in [0.2, 0.25) is 0 Å². The third-order valence-corrected chi connectivity index (χ3v) is 2.46. The van der Waals surface area contributed by atoms with Crippen LogP contribution in [0.1, 0.15) is 30.0 Å². The van der Waals surface area contributed by atoms with Crippen molar-refractivity contribution >= 4 is 5.91 Å². The number of aliphatic hydroxyl groups is 1. The molecule has 2 aromatic rings. The molecule has 0 fully saturated rings. The number of carbonyl (C=O) groups is 1. The number of aromatic nitrogens is 3. The van der Waals surface area contributed by atoms with Crippen molar-refractivity contribution in [1.29, 1.82) is 0 Å². The Labute approximate surface area is 111 Å². The Bertz CT molecular complexity index is 563. The van der Waals surface area contributed by atoms with E-state index < -0.39 is 0 Å². The van der Waals surface area contributed by atoms with Crippen LogP contribution in [0.3, 0.4) is 0 Å². The SMILES string of the molecule is CC(C)NC(=O)c1nn(-c2ccccc2)nc1CO. The number of hydrogen-bond acceptors (Lipinski definition) is 4. The number of amides is 1. The lowest BCUT2D eigenvalue weighted by Gasteiger charge is -2.06. The van der Waals surface area contributed by atoms with Crippen molar-refractivity contribution in [2.75, 3.05) is 0 Å². The molecule has 0 radical (unpaired) electrons. The average Bonchev–Trinajstić information content (AvgIpc) is 2.83. The Hall–Kier alpha value is -2.21. The minimum Gasteiger partial charge on any atom is -0.390 e. The van der Waals surface area contributed by atoms with Crippen LogP contribution >= 0.6 is 0 Å². The number of aliphatic hydroxyl groups excluding tert-OH is 1. The van der Waals surface area contributed by atoms with Crippen LogP contribution in [0.4, 0.5) is 0 Å². The summed E-state index contributed by atoms with van der Waals surface area (Å²) in [6.45, 7) is 3.39. The van der Waals surface area contributed by atoms with Crippen molar-refractivity contribution < 1.29 is 9.90 Å². The van der Waals surface area contributed by atoms with Crippen LogP contribution in [0, 0.1) is 0 Å². The maximum absolute atomic E-state index is 11.9. The first-order chi connectivity index (χ1) is 9.11. The van der Waals surface area contributed by atoms with E-state index in [2.05, 4.69) is 15.5 Å². The van der Waals surface area contributed by atoms with Crippen LogP contribution in [-0.4, -0.2) is 32.0 Å². The molecule has 1 amide bonds. The highest BCUT2D eigenvalue weighted by Gasteiger charge is 2.19. The minimum atomic E-state index is -0.332. The Kier molecular flexibility index (Phi) is 3.91. The van der Waals surface area contributed by atoms with E-state index in [1.165, 1.54) is 4.80 Å². The molecule has 19 heavy (non-hydrogen) atoms. The van der Waals surface area contributed by atoms with Gasteiger partial charge in [-0.15, -0.1) is 10.2 Å². The predicted molar refractivity (Wildman–Crippen MR) is 69.9 cm³/mol. The normalized spacial score (nSPS) is 10.7. The lowest BCUT2D eigenvalue weighted by molar-refractivity contribution is 0.0934. The highest BCUT2D eigenvalue weighted by Crippen LogP contribution is 2.09. The van der Waals surface area contributed by atoms with Gasteiger partial charge in [0.1, 0.15) is 5.69 Å². The monoisotopic (exact) mass is 260 g/mol. The van der Waals surface area contributed by atoms with Gasteiger partial charge in [-0.2, -0.15) is 4.80 Å². The Balaban J connectivity index is 2.35. The lowest BCUT2D eigenvalue weighted by Crippen LogP contribution is -2.31. The number of rotatable bonds is 4. The van der Waals surface area contributed by atoms with Gasteiger partial charge in [0.15, 0.2) is 5.69 Å². The number of nitrogens with zero attached hydrogens (tertiary/aromatic N) is 3. The molecule has 1 aromatic heterocycles. The largest absolute Gasteiger partial charge is 0.390 e. The third-order valence-electron chi connectivity index (χ3n) is 2.46. The molecule has 0 bridgehead atoms. The Morgan fingerprint density at radius 1 is 1.32 bits per heavy atom. The van der Waals surface area contributed by atoms with Crippen molar-refractivity contribution in [3.05, 3.63) is 41.7 Å². The first-order valence-electron chi connectivity index (χ1n) is 6.05. The number of hydrogen-bond donors (Lipinski definition) is 2. The first-order valence-corrected chi connectivity index (χ1v) is 6.05. The molecule has 2 N–H and O–H groups in total. The van der Waals surface area contributed by atoms with Crippen LogP contribution in [0.25, 0.3) is 5.69 Å². The second-order valence-electron chi connectivity index (χ2n) is 4.41. The van der Waals surface area contributed by atoms with E-state index in [9.17, 15) is 9.90 Å². The second kappa shape index (κ2) is 5.62. The van der Waals surface area contributed by atoms with E-state index >= 15 is 0 Å². The number of benzene rings is 1. The summed E-state index contributed by atoms with van der Waals surface area (Å²) in [6, 6.07) is 9.24. The molecule has 0 unspecified atom stereocenters. The fourth-order valence-corrected chi connectivity index (χ4v) is 1.63. The third kappa shape index (κ3) is 2.97. The van der Waals surface area contributed by atoms with E-state index in [-0.39, 0.29) is 29.9 Å². The van der Waals surface area contributed by atoms with Crippen LogP contribution < -0.4 is 5.32 Å². The Morgan fingerprint density at radius 2 is 2.00 bits per heavy atom.